The first-order valence-electron chi connectivity index (χ1n) is 8.84. The van der Waals surface area contributed by atoms with Crippen molar-refractivity contribution in [3.05, 3.63) is 64.7 Å². The molecule has 0 radical (unpaired) electrons. The second-order valence-corrected chi connectivity index (χ2v) is 8.62. The first-order valence-corrected chi connectivity index (χ1v) is 10.7. The maximum Gasteiger partial charge on any atom is 0.251 e. The van der Waals surface area contributed by atoms with Crippen molar-refractivity contribution in [2.75, 3.05) is 24.2 Å². The highest BCUT2D eigenvalue weighted by molar-refractivity contribution is 7.92. The average Bonchev–Trinajstić information content (AvgIpc) is 2.65. The Morgan fingerprint density at radius 1 is 1.19 bits per heavy atom. The highest BCUT2D eigenvalue weighted by atomic mass is 32.2. The number of nitrogens with one attached hydrogen (secondary N) is 1. The molecule has 2 aromatic carbocycles. The van der Waals surface area contributed by atoms with Crippen LogP contribution in [-0.2, 0) is 34.3 Å². The maximum atomic E-state index is 12.5. The molecule has 1 heterocycles. The Morgan fingerprint density at radius 3 is 2.70 bits per heavy atom. The maximum absolute atomic E-state index is 12.5. The van der Waals surface area contributed by atoms with Gasteiger partial charge in [-0.2, -0.15) is 0 Å². The number of carbonyl (C=O) groups excluding carboxylic acids is 1. The lowest BCUT2D eigenvalue weighted by Gasteiger charge is -2.29. The molecule has 1 aliphatic rings. The number of methoxy groups -OCH3 is 1. The fraction of sp³-hybridized carbons (Fsp3) is 0.350. The molecular formula is C20H24N2O4S. The minimum Gasteiger partial charge on any atom is -0.380 e. The van der Waals surface area contributed by atoms with E-state index < -0.39 is 10.0 Å². The highest BCUT2D eigenvalue weighted by Gasteiger charge is 2.24. The third kappa shape index (κ3) is 4.67. The highest BCUT2D eigenvalue weighted by Crippen LogP contribution is 2.29. The molecule has 1 aliphatic heterocycles. The van der Waals surface area contributed by atoms with E-state index >= 15 is 0 Å². The number of aryl methyl sites for hydroxylation is 1. The second kappa shape index (κ2) is 8.10. The predicted octanol–water partition coefficient (Wildman–Crippen LogP) is 2.48. The Hall–Kier alpha value is -2.38. The molecule has 0 spiro atoms. The quantitative estimate of drug-likeness (QED) is 0.825. The Bertz CT molecular complexity index is 941. The fourth-order valence-electron chi connectivity index (χ4n) is 3.33. The van der Waals surface area contributed by atoms with E-state index in [1.165, 1.54) is 10.6 Å². The molecule has 27 heavy (non-hydrogen) atoms. The number of ether oxygens (including phenoxy) is 1. The Morgan fingerprint density at radius 2 is 1.96 bits per heavy atom. The summed E-state index contributed by atoms with van der Waals surface area (Å²) in [5.41, 5.74) is 4.16. The van der Waals surface area contributed by atoms with E-state index in [2.05, 4.69) is 5.32 Å². The largest absolute Gasteiger partial charge is 0.380 e. The number of fused-ring (bicyclic) bond motifs is 1. The van der Waals surface area contributed by atoms with Gasteiger partial charge in [0.25, 0.3) is 5.91 Å². The van der Waals surface area contributed by atoms with Crippen molar-refractivity contribution < 1.29 is 17.9 Å². The van der Waals surface area contributed by atoms with Crippen LogP contribution in [0.2, 0.25) is 0 Å². The molecule has 0 fully saturated rings. The molecule has 0 aromatic heterocycles. The monoisotopic (exact) mass is 388 g/mol. The Balaban J connectivity index is 1.72. The summed E-state index contributed by atoms with van der Waals surface area (Å²) in [4.78, 5) is 12.5. The second-order valence-electron chi connectivity index (χ2n) is 6.72. The van der Waals surface area contributed by atoms with Gasteiger partial charge in [-0.15, -0.1) is 0 Å². The van der Waals surface area contributed by atoms with Crippen LogP contribution in [0.25, 0.3) is 0 Å². The van der Waals surface area contributed by atoms with E-state index in [-0.39, 0.29) is 5.91 Å². The molecule has 3 rings (SSSR count). The molecule has 0 saturated heterocycles. The van der Waals surface area contributed by atoms with Crippen molar-refractivity contribution in [2.24, 2.45) is 0 Å². The smallest absolute Gasteiger partial charge is 0.251 e. The van der Waals surface area contributed by atoms with Crippen molar-refractivity contribution in [2.45, 2.75) is 26.0 Å². The van der Waals surface area contributed by atoms with Crippen LogP contribution in [0.4, 0.5) is 5.69 Å². The molecule has 2 aromatic rings. The van der Waals surface area contributed by atoms with E-state index in [1.54, 1.807) is 25.3 Å². The van der Waals surface area contributed by atoms with Gasteiger partial charge in [-0.05, 0) is 47.7 Å². The zero-order valence-electron chi connectivity index (χ0n) is 15.6. The lowest BCUT2D eigenvalue weighted by atomic mass is 10.0. The van der Waals surface area contributed by atoms with Crippen molar-refractivity contribution >= 4 is 21.6 Å². The van der Waals surface area contributed by atoms with Crippen LogP contribution in [0.3, 0.4) is 0 Å². The van der Waals surface area contributed by atoms with Crippen LogP contribution in [-0.4, -0.2) is 34.2 Å². The molecule has 1 N–H and O–H groups in total. The number of benzene rings is 2. The lowest BCUT2D eigenvalue weighted by Crippen LogP contribution is -2.34. The molecular weight excluding hydrogens is 364 g/mol. The summed E-state index contributed by atoms with van der Waals surface area (Å²) in [5.74, 6) is -0.175. The van der Waals surface area contributed by atoms with Crippen LogP contribution in [0.5, 0.6) is 0 Å². The SMILES string of the molecule is COCc1cccc(CNC(=O)c2ccc3c(c2)CCCN3S(C)(=O)=O)c1. The topological polar surface area (TPSA) is 75.7 Å². The number of nitrogens with zero attached hydrogens (tertiary/aromatic N) is 1. The Kier molecular flexibility index (Phi) is 5.82. The fourth-order valence-corrected chi connectivity index (χ4v) is 4.32. The number of anilines is 1. The van der Waals surface area contributed by atoms with E-state index in [4.69, 9.17) is 4.74 Å². The van der Waals surface area contributed by atoms with Crippen LogP contribution in [0.1, 0.15) is 33.5 Å². The standard InChI is InChI=1S/C20H24N2O4S/c1-26-14-16-6-3-5-15(11-16)13-21-20(23)18-8-9-19-17(12-18)7-4-10-22(19)27(2,24)25/h3,5-6,8-9,11-12H,4,7,10,13-14H2,1-2H3,(H,21,23). The van der Waals surface area contributed by atoms with Crippen LogP contribution in [0, 0.1) is 0 Å². The molecule has 144 valence electrons. The first kappa shape index (κ1) is 19.4. The van der Waals surface area contributed by atoms with E-state index in [1.807, 2.05) is 24.3 Å². The molecule has 0 saturated carbocycles. The molecule has 0 aliphatic carbocycles. The lowest BCUT2D eigenvalue weighted by molar-refractivity contribution is 0.0951. The molecule has 0 atom stereocenters. The van der Waals surface area contributed by atoms with E-state index in [9.17, 15) is 13.2 Å². The zero-order valence-corrected chi connectivity index (χ0v) is 16.4. The summed E-state index contributed by atoms with van der Waals surface area (Å²) >= 11 is 0. The summed E-state index contributed by atoms with van der Waals surface area (Å²) in [6, 6.07) is 13.1. The van der Waals surface area contributed by atoms with Gasteiger partial charge in [-0.25, -0.2) is 8.42 Å². The average molecular weight is 388 g/mol. The van der Waals surface area contributed by atoms with Gasteiger partial charge in [0, 0.05) is 25.8 Å². The summed E-state index contributed by atoms with van der Waals surface area (Å²) < 4.78 is 30.4. The van der Waals surface area contributed by atoms with Gasteiger partial charge in [-0.1, -0.05) is 24.3 Å². The Labute approximate surface area is 160 Å². The summed E-state index contributed by atoms with van der Waals surface area (Å²) in [5, 5.41) is 2.92. The number of hydrogen-bond acceptors (Lipinski definition) is 4. The predicted molar refractivity (Wildman–Crippen MR) is 105 cm³/mol. The van der Waals surface area contributed by atoms with Gasteiger partial charge >= 0.3 is 0 Å². The van der Waals surface area contributed by atoms with Crippen molar-refractivity contribution in [1.29, 1.82) is 0 Å². The van der Waals surface area contributed by atoms with Gasteiger partial charge in [0.2, 0.25) is 10.0 Å². The van der Waals surface area contributed by atoms with Crippen LogP contribution >= 0.6 is 0 Å². The summed E-state index contributed by atoms with van der Waals surface area (Å²) in [6.07, 6.45) is 2.72. The van der Waals surface area contributed by atoms with Gasteiger partial charge in [0.05, 0.1) is 18.6 Å². The molecule has 0 bridgehead atoms. The van der Waals surface area contributed by atoms with Crippen LogP contribution < -0.4 is 9.62 Å². The zero-order chi connectivity index (χ0) is 19.4. The summed E-state index contributed by atoms with van der Waals surface area (Å²) in [6.45, 7) is 1.43. The minimum atomic E-state index is -3.30. The number of rotatable bonds is 6. The van der Waals surface area contributed by atoms with Crippen molar-refractivity contribution in [1.82, 2.24) is 5.32 Å². The van der Waals surface area contributed by atoms with E-state index in [0.717, 1.165) is 29.5 Å². The van der Waals surface area contributed by atoms with Gasteiger partial charge in [0.15, 0.2) is 0 Å². The molecule has 0 unspecified atom stereocenters. The van der Waals surface area contributed by atoms with Crippen molar-refractivity contribution in [3.63, 3.8) is 0 Å². The van der Waals surface area contributed by atoms with Gasteiger partial charge in [-0.3, -0.25) is 9.10 Å². The van der Waals surface area contributed by atoms with Crippen molar-refractivity contribution in [3.8, 4) is 0 Å². The molecule has 7 heteroatoms. The number of hydrogen-bond donors (Lipinski definition) is 1. The number of amides is 1. The molecule has 1 amide bonds. The summed E-state index contributed by atoms with van der Waals surface area (Å²) in [7, 11) is -1.66. The third-order valence-corrected chi connectivity index (χ3v) is 5.75. The van der Waals surface area contributed by atoms with Gasteiger partial charge in [0.1, 0.15) is 0 Å². The third-order valence-electron chi connectivity index (χ3n) is 4.57. The van der Waals surface area contributed by atoms with E-state index in [0.29, 0.717) is 30.9 Å². The van der Waals surface area contributed by atoms with Crippen LogP contribution in [0.15, 0.2) is 42.5 Å². The number of carbonyl (C=O) groups is 1. The van der Waals surface area contributed by atoms with Gasteiger partial charge < -0.3 is 10.1 Å². The normalized spacial score (nSPS) is 13.9. The first-order chi connectivity index (χ1) is 12.9. The minimum absolute atomic E-state index is 0.175. The number of sulfonamides is 1. The molecule has 6 nitrogen and oxygen atoms in total.